The lowest BCUT2D eigenvalue weighted by Crippen LogP contribution is -2.60. The number of carbonyl (C=O) groups excluding carboxylic acids is 4. The number of hydrogen-bond acceptors (Lipinski definition) is 6. The van der Waals surface area contributed by atoms with Gasteiger partial charge in [-0.3, -0.25) is 29.0 Å². The molecule has 0 spiro atoms. The number of benzene rings is 3. The van der Waals surface area contributed by atoms with Crippen molar-refractivity contribution in [2.45, 2.75) is 53.9 Å². The Bertz CT molecular complexity index is 2160. The quantitative estimate of drug-likeness (QED) is 0.0748. The van der Waals surface area contributed by atoms with Crippen LogP contribution in [0.15, 0.2) is 60.2 Å². The normalized spacial score (nSPS) is 30.1. The molecule has 2 aliphatic carbocycles. The van der Waals surface area contributed by atoms with Crippen molar-refractivity contribution in [2.24, 2.45) is 17.8 Å². The molecule has 0 bridgehead atoms. The predicted molar refractivity (Wildman–Crippen MR) is 186 cm³/mol. The Kier molecular flexibility index (Phi) is 8.91. The number of phenols is 1. The van der Waals surface area contributed by atoms with Crippen LogP contribution in [0.1, 0.15) is 42.7 Å². The monoisotopic (exact) mass is 807 g/mol. The standard InChI is InChI=1S/C38H29Cl3F5N3O5/c39-24-14-19(50)6-7-21(24)26-20-8-9-22-25(34(52)48(33(22)51)18-10-12-47(13-11-18)16-17-4-2-1-3-5-17)23(20)15-37(40)35(53)49(36(54)38(26,37)41)32-30(45)28(43)27(42)29(44)31(32)46/h1-8,14,18,22-23,25-26,50H,9-13,15-16H2/t22-,23+,25-,26+,37+,38-/m0/s1. The number of imide groups is 2. The van der Waals surface area contributed by atoms with E-state index in [2.05, 4.69) is 4.90 Å². The van der Waals surface area contributed by atoms with Gasteiger partial charge in [0.1, 0.15) is 11.4 Å². The maximum atomic E-state index is 15.3. The molecule has 5 aliphatic rings. The number of amides is 4. The molecule has 8 rings (SSSR count). The van der Waals surface area contributed by atoms with Gasteiger partial charge in [-0.25, -0.2) is 26.9 Å². The van der Waals surface area contributed by atoms with E-state index < -0.39 is 104 Å². The summed E-state index contributed by atoms with van der Waals surface area (Å²) in [4.78, 5) is 55.2. The summed E-state index contributed by atoms with van der Waals surface area (Å²) in [6.45, 7) is 1.93. The molecule has 54 heavy (non-hydrogen) atoms. The van der Waals surface area contributed by atoms with E-state index in [4.69, 9.17) is 34.8 Å². The first-order chi connectivity index (χ1) is 25.6. The van der Waals surface area contributed by atoms with E-state index in [0.717, 1.165) is 11.6 Å². The van der Waals surface area contributed by atoms with Crippen LogP contribution in [0.25, 0.3) is 0 Å². The molecule has 3 aromatic rings. The van der Waals surface area contributed by atoms with E-state index in [1.165, 1.54) is 17.0 Å². The van der Waals surface area contributed by atoms with Gasteiger partial charge in [0, 0.05) is 36.6 Å². The van der Waals surface area contributed by atoms with E-state index in [1.807, 2.05) is 30.3 Å². The van der Waals surface area contributed by atoms with E-state index in [9.17, 15) is 37.5 Å². The van der Waals surface area contributed by atoms with Gasteiger partial charge in [-0.15, -0.1) is 23.2 Å². The summed E-state index contributed by atoms with van der Waals surface area (Å²) in [6.07, 6.45) is 2.03. The number of aromatic hydroxyl groups is 1. The van der Waals surface area contributed by atoms with Crippen LogP contribution in [-0.4, -0.2) is 67.4 Å². The minimum absolute atomic E-state index is 0.0162. The third kappa shape index (κ3) is 5.10. The molecule has 8 nitrogen and oxygen atoms in total. The zero-order chi connectivity index (χ0) is 38.6. The largest absolute Gasteiger partial charge is 0.508 e. The zero-order valence-corrected chi connectivity index (χ0v) is 30.2. The number of alkyl halides is 2. The molecule has 3 heterocycles. The second-order valence-electron chi connectivity index (χ2n) is 14.4. The van der Waals surface area contributed by atoms with Gasteiger partial charge in [0.2, 0.25) is 17.6 Å². The highest BCUT2D eigenvalue weighted by Gasteiger charge is 2.77. The zero-order valence-electron chi connectivity index (χ0n) is 28.0. The van der Waals surface area contributed by atoms with Crippen molar-refractivity contribution in [1.82, 2.24) is 9.80 Å². The molecule has 4 fully saturated rings. The highest BCUT2D eigenvalue weighted by molar-refractivity contribution is 6.58. The smallest absolute Gasteiger partial charge is 0.258 e. The van der Waals surface area contributed by atoms with Crippen molar-refractivity contribution in [2.75, 3.05) is 18.0 Å². The lowest BCUT2D eigenvalue weighted by Gasteiger charge is -2.51. The summed E-state index contributed by atoms with van der Waals surface area (Å²) in [6, 6.07) is 13.0. The van der Waals surface area contributed by atoms with Crippen LogP contribution in [0.3, 0.4) is 0 Å². The number of anilines is 1. The number of piperidine rings is 1. The van der Waals surface area contributed by atoms with Crippen molar-refractivity contribution in [3.8, 4) is 5.75 Å². The predicted octanol–water partition coefficient (Wildman–Crippen LogP) is 6.97. The van der Waals surface area contributed by atoms with Crippen LogP contribution in [0, 0.1) is 46.8 Å². The summed E-state index contributed by atoms with van der Waals surface area (Å²) >= 11 is 20.9. The summed E-state index contributed by atoms with van der Waals surface area (Å²) in [5.74, 6) is -21.3. The summed E-state index contributed by atoms with van der Waals surface area (Å²) < 4.78 is 73.6. The number of hydrogen-bond donors (Lipinski definition) is 1. The number of halogens is 8. The second-order valence-corrected chi connectivity index (χ2v) is 16.1. The minimum Gasteiger partial charge on any atom is -0.508 e. The van der Waals surface area contributed by atoms with Crippen molar-refractivity contribution in [3.63, 3.8) is 0 Å². The molecule has 0 radical (unpaired) electrons. The molecule has 1 N–H and O–H groups in total. The minimum atomic E-state index is -2.71. The number of carbonyl (C=O) groups is 4. The fourth-order valence-electron chi connectivity index (χ4n) is 9.22. The van der Waals surface area contributed by atoms with Gasteiger partial charge >= 0.3 is 0 Å². The van der Waals surface area contributed by atoms with Gasteiger partial charge in [0.25, 0.3) is 11.8 Å². The van der Waals surface area contributed by atoms with Crippen molar-refractivity contribution < 1.29 is 46.2 Å². The molecule has 1 saturated carbocycles. The SMILES string of the molecule is O=C1[C@H]2[C@H](CC=C3[C@H]2C[C@@]2(Cl)C(=O)N(c4c(F)c(F)c(F)c(F)c4F)C(=O)[C@@]2(Cl)[C@H]3c2ccc(O)cc2Cl)C(=O)N1C1CCN(Cc2ccccc2)CC1. The first-order valence-electron chi connectivity index (χ1n) is 17.2. The summed E-state index contributed by atoms with van der Waals surface area (Å²) in [7, 11) is 0. The Hall–Kier alpha value is -4.04. The number of phenolic OH excluding ortho intramolecular Hbond substituents is 1. The molecule has 4 amide bonds. The molecule has 6 atom stereocenters. The van der Waals surface area contributed by atoms with Gasteiger partial charge in [-0.05, 0) is 54.9 Å². The van der Waals surface area contributed by atoms with E-state index in [-0.39, 0.29) is 33.2 Å². The Balaban J connectivity index is 1.19. The van der Waals surface area contributed by atoms with E-state index in [0.29, 0.717) is 32.5 Å². The summed E-state index contributed by atoms with van der Waals surface area (Å²) in [5, 5.41) is 9.99. The van der Waals surface area contributed by atoms with Crippen LogP contribution >= 0.6 is 34.8 Å². The van der Waals surface area contributed by atoms with Crippen LogP contribution in [0.5, 0.6) is 5.75 Å². The highest BCUT2D eigenvalue weighted by atomic mass is 35.5. The highest BCUT2D eigenvalue weighted by Crippen LogP contribution is 2.66. The molecule has 16 heteroatoms. The number of nitrogens with zero attached hydrogens (tertiary/aromatic N) is 3. The fourth-order valence-corrected chi connectivity index (χ4v) is 10.4. The number of allylic oxidation sites excluding steroid dienone is 2. The molecular formula is C38H29Cl3F5N3O5. The Morgan fingerprint density at radius 3 is 2.06 bits per heavy atom. The maximum Gasteiger partial charge on any atom is 0.258 e. The Morgan fingerprint density at radius 2 is 1.43 bits per heavy atom. The van der Waals surface area contributed by atoms with Gasteiger partial charge in [0.15, 0.2) is 33.0 Å². The average Bonchev–Trinajstić information content (AvgIpc) is 3.49. The first kappa shape index (κ1) is 36.9. The molecule has 0 aromatic heterocycles. The van der Waals surface area contributed by atoms with Crippen LogP contribution in [0.2, 0.25) is 5.02 Å². The number of fused-ring (bicyclic) bond motifs is 4. The van der Waals surface area contributed by atoms with Gasteiger partial charge in [0.05, 0.1) is 11.8 Å². The van der Waals surface area contributed by atoms with E-state index in [1.54, 1.807) is 6.08 Å². The van der Waals surface area contributed by atoms with Crippen molar-refractivity contribution in [1.29, 1.82) is 0 Å². The van der Waals surface area contributed by atoms with Crippen LogP contribution < -0.4 is 4.90 Å². The molecule has 3 aliphatic heterocycles. The van der Waals surface area contributed by atoms with Gasteiger partial charge in [-0.1, -0.05) is 59.6 Å². The lowest BCUT2D eigenvalue weighted by molar-refractivity contribution is -0.144. The third-order valence-corrected chi connectivity index (χ3v) is 13.5. The lowest BCUT2D eigenvalue weighted by atomic mass is 9.56. The topological polar surface area (TPSA) is 98.2 Å². The number of rotatable bonds is 5. The van der Waals surface area contributed by atoms with Crippen molar-refractivity contribution in [3.05, 3.63) is 105 Å². The van der Waals surface area contributed by atoms with Crippen LogP contribution in [-0.2, 0) is 25.7 Å². The van der Waals surface area contributed by atoms with Gasteiger partial charge in [-0.2, -0.15) is 0 Å². The molecule has 282 valence electrons. The van der Waals surface area contributed by atoms with Gasteiger partial charge < -0.3 is 5.11 Å². The Morgan fingerprint density at radius 1 is 0.796 bits per heavy atom. The molecule has 0 unspecified atom stereocenters. The summed E-state index contributed by atoms with van der Waals surface area (Å²) in [5.41, 5.74) is -0.448. The first-order valence-corrected chi connectivity index (χ1v) is 18.3. The van der Waals surface area contributed by atoms with E-state index >= 15 is 8.78 Å². The van der Waals surface area contributed by atoms with Crippen LogP contribution in [0.4, 0.5) is 27.6 Å². The second kappa shape index (κ2) is 13.0. The number of likely N-dealkylation sites (tertiary alicyclic amines) is 2. The molecule has 3 aromatic carbocycles. The Labute approximate surface area is 320 Å². The molecule has 3 saturated heterocycles. The molecular weight excluding hydrogens is 780 g/mol. The third-order valence-electron chi connectivity index (χ3n) is 11.7. The average molecular weight is 809 g/mol. The van der Waals surface area contributed by atoms with Crippen molar-refractivity contribution >= 4 is 64.1 Å². The fraction of sp³-hybridized carbons (Fsp3) is 0.368. The maximum absolute atomic E-state index is 15.3.